The van der Waals surface area contributed by atoms with Gasteiger partial charge in [-0.2, -0.15) is 0 Å². The lowest BCUT2D eigenvalue weighted by Crippen LogP contribution is -2.35. The molecule has 0 aromatic carbocycles. The molecule has 0 fully saturated rings. The number of amides is 1. The van der Waals surface area contributed by atoms with Gasteiger partial charge in [-0.05, 0) is 25.5 Å². The molecule has 16 heavy (non-hydrogen) atoms. The van der Waals surface area contributed by atoms with Crippen LogP contribution in [0.4, 0.5) is 8.78 Å². The van der Waals surface area contributed by atoms with E-state index in [1.165, 1.54) is 11.3 Å². The van der Waals surface area contributed by atoms with Gasteiger partial charge in [-0.3, -0.25) is 4.79 Å². The summed E-state index contributed by atoms with van der Waals surface area (Å²) in [5, 5.41) is 11.1. The van der Waals surface area contributed by atoms with Gasteiger partial charge in [-0.25, -0.2) is 8.78 Å². The maximum Gasteiger partial charge on any atom is 0.265 e. The van der Waals surface area contributed by atoms with E-state index in [2.05, 4.69) is 5.32 Å². The molecule has 90 valence electrons. The quantitative estimate of drug-likeness (QED) is 0.853. The van der Waals surface area contributed by atoms with E-state index in [-0.39, 0.29) is 0 Å². The molecule has 0 radical (unpaired) electrons. The number of carbonyl (C=O) groups excluding carboxylic acids is 1. The van der Waals surface area contributed by atoms with Gasteiger partial charge in [-0.15, -0.1) is 11.3 Å². The molecule has 0 bridgehead atoms. The van der Waals surface area contributed by atoms with Crippen molar-refractivity contribution < 1.29 is 18.7 Å². The van der Waals surface area contributed by atoms with Crippen LogP contribution in [0.25, 0.3) is 0 Å². The maximum atomic E-state index is 12.0. The van der Waals surface area contributed by atoms with E-state index in [1.807, 2.05) is 13.8 Å². The van der Waals surface area contributed by atoms with Crippen molar-refractivity contribution in [3.05, 3.63) is 21.4 Å². The average molecular weight is 249 g/mol. The smallest absolute Gasteiger partial charge is 0.265 e. The van der Waals surface area contributed by atoms with Gasteiger partial charge in [-0.1, -0.05) is 0 Å². The SMILES string of the molecule is Cc1cc(C(=O)NCC(O)C(F)F)sc1C. The number of hydrogen-bond acceptors (Lipinski definition) is 3. The fraction of sp³-hybridized carbons (Fsp3) is 0.500. The normalized spacial score (nSPS) is 12.9. The molecule has 0 saturated heterocycles. The Morgan fingerprint density at radius 2 is 2.19 bits per heavy atom. The molecule has 2 N–H and O–H groups in total. The lowest BCUT2D eigenvalue weighted by Gasteiger charge is -2.09. The van der Waals surface area contributed by atoms with Crippen molar-refractivity contribution in [2.45, 2.75) is 26.4 Å². The minimum Gasteiger partial charge on any atom is -0.385 e. The maximum absolute atomic E-state index is 12.0. The van der Waals surface area contributed by atoms with E-state index in [1.54, 1.807) is 6.07 Å². The molecule has 6 heteroatoms. The number of hydrogen-bond donors (Lipinski definition) is 2. The lowest BCUT2D eigenvalue weighted by molar-refractivity contribution is -0.00268. The number of rotatable bonds is 4. The van der Waals surface area contributed by atoms with Gasteiger partial charge >= 0.3 is 0 Å². The summed E-state index contributed by atoms with van der Waals surface area (Å²) in [6.07, 6.45) is -4.65. The van der Waals surface area contributed by atoms with Crippen molar-refractivity contribution in [2.75, 3.05) is 6.54 Å². The van der Waals surface area contributed by atoms with Crippen LogP contribution < -0.4 is 5.32 Å². The molecule has 3 nitrogen and oxygen atoms in total. The number of aliphatic hydroxyl groups is 1. The summed E-state index contributed by atoms with van der Waals surface area (Å²) < 4.78 is 23.9. The Labute approximate surface area is 96.1 Å². The first-order valence-corrected chi connectivity index (χ1v) is 5.55. The summed E-state index contributed by atoms with van der Waals surface area (Å²) in [6.45, 7) is 3.31. The zero-order chi connectivity index (χ0) is 12.3. The van der Waals surface area contributed by atoms with Gasteiger partial charge < -0.3 is 10.4 Å². The second-order valence-electron chi connectivity index (χ2n) is 3.46. The molecule has 1 rings (SSSR count). The zero-order valence-electron chi connectivity index (χ0n) is 8.96. The summed E-state index contributed by atoms with van der Waals surface area (Å²) in [7, 11) is 0. The van der Waals surface area contributed by atoms with Gasteiger partial charge in [0.15, 0.2) is 0 Å². The van der Waals surface area contributed by atoms with Crippen molar-refractivity contribution >= 4 is 17.2 Å². The van der Waals surface area contributed by atoms with Crippen LogP contribution in [0.2, 0.25) is 0 Å². The summed E-state index contributed by atoms with van der Waals surface area (Å²) in [5.74, 6) is -0.430. The summed E-state index contributed by atoms with van der Waals surface area (Å²) in [4.78, 5) is 13.0. The third kappa shape index (κ3) is 3.24. The zero-order valence-corrected chi connectivity index (χ0v) is 9.78. The van der Waals surface area contributed by atoms with E-state index in [0.29, 0.717) is 4.88 Å². The van der Waals surface area contributed by atoms with Crippen molar-refractivity contribution in [2.24, 2.45) is 0 Å². The Balaban J connectivity index is 2.53. The summed E-state index contributed by atoms with van der Waals surface area (Å²) in [6, 6.07) is 1.70. The highest BCUT2D eigenvalue weighted by Crippen LogP contribution is 2.20. The topological polar surface area (TPSA) is 49.3 Å². The number of aliphatic hydroxyl groups excluding tert-OH is 1. The molecular weight excluding hydrogens is 236 g/mol. The van der Waals surface area contributed by atoms with Crippen LogP contribution in [-0.4, -0.2) is 30.1 Å². The third-order valence-electron chi connectivity index (χ3n) is 2.15. The van der Waals surface area contributed by atoms with Gasteiger partial charge in [0.05, 0.1) is 4.88 Å². The molecule has 1 amide bonds. The van der Waals surface area contributed by atoms with Crippen LogP contribution in [0.3, 0.4) is 0 Å². The fourth-order valence-corrected chi connectivity index (χ4v) is 2.01. The van der Waals surface area contributed by atoms with Crippen LogP contribution in [0.1, 0.15) is 20.1 Å². The van der Waals surface area contributed by atoms with E-state index in [4.69, 9.17) is 5.11 Å². The largest absolute Gasteiger partial charge is 0.385 e. The Bertz CT molecular complexity index is 359. The number of halogens is 2. The lowest BCUT2D eigenvalue weighted by atomic mass is 10.3. The summed E-state index contributed by atoms with van der Waals surface area (Å²) in [5.41, 5.74) is 0.990. The second-order valence-corrected chi connectivity index (χ2v) is 4.72. The van der Waals surface area contributed by atoms with Crippen molar-refractivity contribution in [3.8, 4) is 0 Å². The standard InChI is InChI=1S/C10H13F2NO2S/c1-5-3-8(16-6(5)2)10(15)13-4-7(14)9(11)12/h3,7,9,14H,4H2,1-2H3,(H,13,15). The van der Waals surface area contributed by atoms with E-state index < -0.39 is 25.0 Å². The van der Waals surface area contributed by atoms with E-state index >= 15 is 0 Å². The van der Waals surface area contributed by atoms with Crippen molar-refractivity contribution in [1.29, 1.82) is 0 Å². The monoisotopic (exact) mass is 249 g/mol. The Morgan fingerprint density at radius 1 is 1.56 bits per heavy atom. The van der Waals surface area contributed by atoms with Gasteiger partial charge in [0.1, 0.15) is 6.10 Å². The summed E-state index contributed by atoms with van der Waals surface area (Å²) >= 11 is 1.30. The van der Waals surface area contributed by atoms with E-state index in [9.17, 15) is 13.6 Å². The molecule has 0 aliphatic carbocycles. The third-order valence-corrected chi connectivity index (χ3v) is 3.30. The van der Waals surface area contributed by atoms with Crippen LogP contribution in [-0.2, 0) is 0 Å². The van der Waals surface area contributed by atoms with Crippen molar-refractivity contribution in [3.63, 3.8) is 0 Å². The molecule has 1 atom stereocenters. The number of aryl methyl sites for hydroxylation is 2. The van der Waals surface area contributed by atoms with Crippen LogP contribution in [0.15, 0.2) is 6.07 Å². The van der Waals surface area contributed by atoms with Gasteiger partial charge in [0.2, 0.25) is 0 Å². The van der Waals surface area contributed by atoms with Crippen LogP contribution in [0.5, 0.6) is 0 Å². The first-order chi connectivity index (χ1) is 7.41. The number of carbonyl (C=O) groups is 1. The van der Waals surface area contributed by atoms with Gasteiger partial charge in [0, 0.05) is 11.4 Å². The average Bonchev–Trinajstić information content (AvgIpc) is 2.55. The predicted molar refractivity (Wildman–Crippen MR) is 58.1 cm³/mol. The molecule has 0 aliphatic heterocycles. The Kier molecular flexibility index (Phi) is 4.37. The molecule has 0 spiro atoms. The molecule has 1 aromatic heterocycles. The molecule has 1 aromatic rings. The highest BCUT2D eigenvalue weighted by atomic mass is 32.1. The Hall–Kier alpha value is -1.01. The Morgan fingerprint density at radius 3 is 2.62 bits per heavy atom. The number of thiophene rings is 1. The molecule has 1 unspecified atom stereocenters. The van der Waals surface area contributed by atoms with E-state index in [0.717, 1.165) is 10.4 Å². The van der Waals surface area contributed by atoms with Crippen molar-refractivity contribution in [1.82, 2.24) is 5.32 Å². The van der Waals surface area contributed by atoms with Gasteiger partial charge in [0.25, 0.3) is 12.3 Å². The first-order valence-electron chi connectivity index (χ1n) is 4.73. The minimum absolute atomic E-state index is 0.430. The first kappa shape index (κ1) is 13.1. The highest BCUT2D eigenvalue weighted by molar-refractivity contribution is 7.14. The molecule has 1 heterocycles. The predicted octanol–water partition coefficient (Wildman–Crippen LogP) is 1.72. The molecule has 0 saturated carbocycles. The fourth-order valence-electron chi connectivity index (χ4n) is 1.06. The molecular formula is C10H13F2NO2S. The number of nitrogens with one attached hydrogen (secondary N) is 1. The van der Waals surface area contributed by atoms with Crippen LogP contribution >= 0.6 is 11.3 Å². The second kappa shape index (κ2) is 5.36. The highest BCUT2D eigenvalue weighted by Gasteiger charge is 2.18. The molecule has 0 aliphatic rings. The van der Waals surface area contributed by atoms with Crippen LogP contribution in [0, 0.1) is 13.8 Å². The minimum atomic E-state index is -2.84. The number of alkyl halides is 2.